The molecule has 0 saturated heterocycles. The Morgan fingerprint density at radius 2 is 1.91 bits per heavy atom. The number of rotatable bonds is 3. The van der Waals surface area contributed by atoms with E-state index < -0.39 is 5.92 Å². The summed E-state index contributed by atoms with van der Waals surface area (Å²) in [7, 11) is 1.34. The van der Waals surface area contributed by atoms with Crippen LogP contribution in [0.4, 0.5) is 11.4 Å². The van der Waals surface area contributed by atoms with E-state index in [1.165, 1.54) is 7.11 Å². The van der Waals surface area contributed by atoms with Gasteiger partial charge in [-0.3, -0.25) is 9.79 Å². The predicted octanol–water partition coefficient (Wildman–Crippen LogP) is 2.91. The number of anilines is 1. The zero-order chi connectivity index (χ0) is 15.5. The number of fused-ring (bicyclic) bond motifs is 1. The zero-order valence-electron chi connectivity index (χ0n) is 11.9. The van der Waals surface area contributed by atoms with Crippen molar-refractivity contribution in [2.45, 2.75) is 5.92 Å². The van der Waals surface area contributed by atoms with Crippen molar-refractivity contribution in [3.63, 3.8) is 0 Å². The van der Waals surface area contributed by atoms with E-state index in [4.69, 9.17) is 0 Å². The summed E-state index contributed by atoms with van der Waals surface area (Å²) in [6.07, 6.45) is 1.62. The Bertz CT molecular complexity index is 751. The standard InChI is InChI=1S/C17H14N2O3/c1-22-17(21)11-6-8-12(9-7-11)18-10-14-13-4-2-3-5-15(13)19-16(14)20/h2-10,14H,1H3,(H,19,20). The Morgan fingerprint density at radius 1 is 1.18 bits per heavy atom. The van der Waals surface area contributed by atoms with Gasteiger partial charge in [0.15, 0.2) is 0 Å². The molecule has 0 saturated carbocycles. The van der Waals surface area contributed by atoms with Crippen LogP contribution in [-0.4, -0.2) is 25.2 Å². The van der Waals surface area contributed by atoms with Crippen LogP contribution in [0.3, 0.4) is 0 Å². The number of hydrogen-bond acceptors (Lipinski definition) is 4. The molecule has 3 rings (SSSR count). The second-order valence-electron chi connectivity index (χ2n) is 4.87. The molecule has 2 aromatic rings. The quantitative estimate of drug-likeness (QED) is 0.699. The van der Waals surface area contributed by atoms with Gasteiger partial charge in [0, 0.05) is 11.9 Å². The van der Waals surface area contributed by atoms with Gasteiger partial charge in [0.25, 0.3) is 0 Å². The molecule has 0 aromatic heterocycles. The minimum atomic E-state index is -0.392. The topological polar surface area (TPSA) is 67.8 Å². The van der Waals surface area contributed by atoms with Crippen molar-refractivity contribution in [3.8, 4) is 0 Å². The van der Waals surface area contributed by atoms with Crippen LogP contribution in [0.1, 0.15) is 21.8 Å². The molecule has 2 aromatic carbocycles. The number of ether oxygens (including phenoxy) is 1. The first kappa shape index (κ1) is 14.0. The normalized spacial score (nSPS) is 16.4. The fourth-order valence-electron chi connectivity index (χ4n) is 2.34. The molecular weight excluding hydrogens is 280 g/mol. The highest BCUT2D eigenvalue weighted by molar-refractivity contribution is 6.12. The van der Waals surface area contributed by atoms with Gasteiger partial charge >= 0.3 is 5.97 Å². The number of carbonyl (C=O) groups excluding carboxylic acids is 2. The number of amides is 1. The zero-order valence-corrected chi connectivity index (χ0v) is 11.9. The van der Waals surface area contributed by atoms with E-state index in [1.807, 2.05) is 24.3 Å². The molecule has 0 spiro atoms. The molecule has 22 heavy (non-hydrogen) atoms. The van der Waals surface area contributed by atoms with Crippen LogP contribution in [0.5, 0.6) is 0 Å². The average Bonchev–Trinajstić information content (AvgIpc) is 2.88. The van der Waals surface area contributed by atoms with Crippen LogP contribution in [0.15, 0.2) is 53.5 Å². The molecule has 5 heteroatoms. The van der Waals surface area contributed by atoms with Gasteiger partial charge in [0.2, 0.25) is 5.91 Å². The summed E-state index contributed by atoms with van der Waals surface area (Å²) in [4.78, 5) is 27.7. The second kappa shape index (κ2) is 5.81. The fraction of sp³-hybridized carbons (Fsp3) is 0.118. The second-order valence-corrected chi connectivity index (χ2v) is 4.87. The number of hydrogen-bond donors (Lipinski definition) is 1. The van der Waals surface area contributed by atoms with E-state index in [0.29, 0.717) is 11.3 Å². The first-order valence-electron chi connectivity index (χ1n) is 6.81. The van der Waals surface area contributed by atoms with Crippen LogP contribution in [0.2, 0.25) is 0 Å². The molecule has 0 bridgehead atoms. The molecule has 0 radical (unpaired) electrons. The number of carbonyl (C=O) groups is 2. The molecule has 5 nitrogen and oxygen atoms in total. The largest absolute Gasteiger partial charge is 0.465 e. The first-order chi connectivity index (χ1) is 10.7. The molecule has 0 fully saturated rings. The van der Waals surface area contributed by atoms with Crippen molar-refractivity contribution >= 4 is 29.5 Å². The van der Waals surface area contributed by atoms with Gasteiger partial charge in [-0.05, 0) is 35.9 Å². The molecule has 110 valence electrons. The molecule has 1 atom stereocenters. The van der Waals surface area contributed by atoms with Crippen LogP contribution >= 0.6 is 0 Å². The van der Waals surface area contributed by atoms with Crippen molar-refractivity contribution < 1.29 is 14.3 Å². The van der Waals surface area contributed by atoms with Crippen molar-refractivity contribution in [2.75, 3.05) is 12.4 Å². The van der Waals surface area contributed by atoms with E-state index >= 15 is 0 Å². The number of benzene rings is 2. The van der Waals surface area contributed by atoms with Gasteiger partial charge in [-0.15, -0.1) is 0 Å². The van der Waals surface area contributed by atoms with E-state index in [-0.39, 0.29) is 11.9 Å². The van der Waals surface area contributed by atoms with Gasteiger partial charge in [0.1, 0.15) is 5.92 Å². The van der Waals surface area contributed by atoms with Gasteiger partial charge in [-0.25, -0.2) is 4.79 Å². The number of para-hydroxylation sites is 1. The Balaban J connectivity index is 1.80. The number of nitrogens with one attached hydrogen (secondary N) is 1. The maximum Gasteiger partial charge on any atom is 0.337 e. The van der Waals surface area contributed by atoms with Gasteiger partial charge in [0.05, 0.1) is 18.4 Å². The molecular formula is C17H14N2O3. The molecule has 1 unspecified atom stereocenters. The molecule has 0 aliphatic carbocycles. The lowest BCUT2D eigenvalue weighted by atomic mass is 10.0. The Labute approximate surface area is 127 Å². The number of methoxy groups -OCH3 is 1. The minimum Gasteiger partial charge on any atom is -0.465 e. The maximum absolute atomic E-state index is 12.0. The summed E-state index contributed by atoms with van der Waals surface area (Å²) in [5, 5.41) is 2.82. The highest BCUT2D eigenvalue weighted by Crippen LogP contribution is 2.31. The summed E-state index contributed by atoms with van der Waals surface area (Å²) in [5.41, 5.74) is 2.88. The molecule has 1 heterocycles. The first-order valence-corrected chi connectivity index (χ1v) is 6.81. The van der Waals surface area contributed by atoms with E-state index in [0.717, 1.165) is 11.3 Å². The fourth-order valence-corrected chi connectivity index (χ4v) is 2.34. The van der Waals surface area contributed by atoms with Crippen molar-refractivity contribution in [3.05, 3.63) is 59.7 Å². The average molecular weight is 294 g/mol. The predicted molar refractivity (Wildman–Crippen MR) is 83.7 cm³/mol. The monoisotopic (exact) mass is 294 g/mol. The summed E-state index contributed by atoms with van der Waals surface area (Å²) >= 11 is 0. The molecule has 1 amide bonds. The SMILES string of the molecule is COC(=O)c1ccc(N=CC2C(=O)Nc3ccccc32)cc1. The molecule has 1 aliphatic heterocycles. The van der Waals surface area contributed by atoms with Crippen LogP contribution in [-0.2, 0) is 9.53 Å². The van der Waals surface area contributed by atoms with Crippen LogP contribution in [0.25, 0.3) is 0 Å². The third kappa shape index (κ3) is 2.61. The minimum absolute atomic E-state index is 0.0869. The maximum atomic E-state index is 12.0. The Hall–Kier alpha value is -2.95. The number of aliphatic imine (C=N–C) groups is 1. The number of nitrogens with zero attached hydrogens (tertiary/aromatic N) is 1. The highest BCUT2D eigenvalue weighted by atomic mass is 16.5. The van der Waals surface area contributed by atoms with E-state index in [9.17, 15) is 9.59 Å². The van der Waals surface area contributed by atoms with Crippen molar-refractivity contribution in [1.29, 1.82) is 0 Å². The third-order valence-electron chi connectivity index (χ3n) is 3.50. The lowest BCUT2D eigenvalue weighted by Gasteiger charge is -2.02. The van der Waals surface area contributed by atoms with Crippen LogP contribution in [0, 0.1) is 0 Å². The smallest absolute Gasteiger partial charge is 0.337 e. The third-order valence-corrected chi connectivity index (χ3v) is 3.50. The number of esters is 1. The van der Waals surface area contributed by atoms with Crippen molar-refractivity contribution in [1.82, 2.24) is 0 Å². The summed E-state index contributed by atoms with van der Waals surface area (Å²) in [6, 6.07) is 14.2. The van der Waals surface area contributed by atoms with E-state index in [1.54, 1.807) is 30.5 Å². The summed E-state index contributed by atoms with van der Waals surface area (Å²) in [6.45, 7) is 0. The highest BCUT2D eigenvalue weighted by Gasteiger charge is 2.28. The van der Waals surface area contributed by atoms with Gasteiger partial charge in [-0.2, -0.15) is 0 Å². The van der Waals surface area contributed by atoms with E-state index in [2.05, 4.69) is 15.0 Å². The van der Waals surface area contributed by atoms with Crippen molar-refractivity contribution in [2.24, 2.45) is 4.99 Å². The van der Waals surface area contributed by atoms with Gasteiger partial charge in [-0.1, -0.05) is 18.2 Å². The lowest BCUT2D eigenvalue weighted by Crippen LogP contribution is -2.12. The summed E-state index contributed by atoms with van der Waals surface area (Å²) in [5.74, 6) is -0.868. The Kier molecular flexibility index (Phi) is 3.70. The molecule has 1 N–H and O–H groups in total. The van der Waals surface area contributed by atoms with Crippen LogP contribution < -0.4 is 5.32 Å². The molecule has 1 aliphatic rings. The Morgan fingerprint density at radius 3 is 2.64 bits per heavy atom. The van der Waals surface area contributed by atoms with Gasteiger partial charge < -0.3 is 10.1 Å². The lowest BCUT2D eigenvalue weighted by molar-refractivity contribution is -0.115. The summed E-state index contributed by atoms with van der Waals surface area (Å²) < 4.78 is 4.64.